The highest BCUT2D eigenvalue weighted by molar-refractivity contribution is 6.08. The third-order valence-corrected chi connectivity index (χ3v) is 6.41. The van der Waals surface area contributed by atoms with Crippen LogP contribution < -0.4 is 5.32 Å². The molecule has 0 bridgehead atoms. The van der Waals surface area contributed by atoms with Gasteiger partial charge in [0, 0.05) is 50.1 Å². The van der Waals surface area contributed by atoms with Gasteiger partial charge in [0.2, 0.25) is 5.91 Å². The first kappa shape index (κ1) is 17.8. The number of aromatic nitrogens is 5. The average molecular weight is 413 g/mol. The van der Waals surface area contributed by atoms with Crippen molar-refractivity contribution in [1.82, 2.24) is 29.0 Å². The molecule has 2 amide bonds. The van der Waals surface area contributed by atoms with Crippen molar-refractivity contribution in [3.05, 3.63) is 78.3 Å². The van der Waals surface area contributed by atoms with Crippen molar-refractivity contribution < 1.29 is 9.59 Å². The van der Waals surface area contributed by atoms with Crippen LogP contribution in [-0.4, -0.2) is 47.4 Å². The molecule has 5 heterocycles. The molecule has 1 N–H and O–H groups in total. The molecule has 0 radical (unpaired) electrons. The number of likely N-dealkylation sites (tertiary alicyclic amines) is 1. The Morgan fingerprint density at radius 2 is 2.03 bits per heavy atom. The van der Waals surface area contributed by atoms with Gasteiger partial charge in [-0.2, -0.15) is 5.10 Å². The minimum Gasteiger partial charge on any atom is -0.336 e. The summed E-state index contributed by atoms with van der Waals surface area (Å²) in [6, 6.07) is 10.6. The van der Waals surface area contributed by atoms with E-state index in [0.29, 0.717) is 30.1 Å². The molecule has 2 atom stereocenters. The lowest BCUT2D eigenvalue weighted by Gasteiger charge is -2.33. The Kier molecular flexibility index (Phi) is 3.59. The van der Waals surface area contributed by atoms with Crippen LogP contribution in [0.15, 0.2) is 61.2 Å². The van der Waals surface area contributed by atoms with E-state index < -0.39 is 11.5 Å². The van der Waals surface area contributed by atoms with E-state index in [1.165, 1.54) is 0 Å². The number of imidazole rings is 1. The van der Waals surface area contributed by atoms with Crippen LogP contribution in [0.25, 0.3) is 5.65 Å². The number of hydrogen-bond donors (Lipinski definition) is 1. The number of carbonyl (C=O) groups excluding carboxylic acids is 2. The number of rotatable bonds is 2. The molecule has 6 rings (SSSR count). The Balaban J connectivity index is 1.51. The summed E-state index contributed by atoms with van der Waals surface area (Å²) >= 11 is 0. The highest BCUT2D eigenvalue weighted by Crippen LogP contribution is 2.54. The molecule has 154 valence electrons. The molecule has 0 saturated carbocycles. The summed E-state index contributed by atoms with van der Waals surface area (Å²) in [6.07, 6.45) is 7.44. The molecule has 3 aromatic heterocycles. The first-order chi connectivity index (χ1) is 15.1. The third kappa shape index (κ3) is 2.34. The Bertz CT molecular complexity index is 1320. The van der Waals surface area contributed by atoms with Gasteiger partial charge in [-0.1, -0.05) is 18.2 Å². The SMILES string of the molecule is Cn1ccnc1[C@@H]1N(C(=O)c2cc3ncccn3n2)CC[C@]12C(=O)Nc1ccccc12. The number of amides is 2. The van der Waals surface area contributed by atoms with E-state index >= 15 is 0 Å². The lowest BCUT2D eigenvalue weighted by Crippen LogP contribution is -2.43. The lowest BCUT2D eigenvalue weighted by molar-refractivity contribution is -0.121. The topological polar surface area (TPSA) is 97.4 Å². The van der Waals surface area contributed by atoms with E-state index in [9.17, 15) is 9.59 Å². The molecular formula is C22H19N7O2. The molecule has 1 fully saturated rings. The summed E-state index contributed by atoms with van der Waals surface area (Å²) in [5, 5.41) is 7.43. The normalized spacial score (nSPS) is 22.3. The van der Waals surface area contributed by atoms with Crippen LogP contribution in [0.4, 0.5) is 5.69 Å². The van der Waals surface area contributed by atoms with E-state index in [4.69, 9.17) is 0 Å². The first-order valence-corrected chi connectivity index (χ1v) is 10.1. The largest absolute Gasteiger partial charge is 0.336 e. The second-order valence-electron chi connectivity index (χ2n) is 7.97. The molecule has 1 aromatic carbocycles. The predicted molar refractivity (Wildman–Crippen MR) is 111 cm³/mol. The number of aryl methyl sites for hydroxylation is 1. The smallest absolute Gasteiger partial charge is 0.275 e. The summed E-state index contributed by atoms with van der Waals surface area (Å²) in [6.45, 7) is 0.416. The monoisotopic (exact) mass is 413 g/mol. The number of fused-ring (bicyclic) bond motifs is 3. The quantitative estimate of drug-likeness (QED) is 0.542. The van der Waals surface area contributed by atoms with E-state index in [2.05, 4.69) is 20.4 Å². The van der Waals surface area contributed by atoms with Crippen LogP contribution >= 0.6 is 0 Å². The van der Waals surface area contributed by atoms with Gasteiger partial charge < -0.3 is 14.8 Å². The van der Waals surface area contributed by atoms with E-state index in [1.807, 2.05) is 42.1 Å². The molecule has 9 nitrogen and oxygen atoms in total. The number of nitrogens with zero attached hydrogens (tertiary/aromatic N) is 6. The molecule has 2 aliphatic heterocycles. The zero-order valence-electron chi connectivity index (χ0n) is 16.8. The van der Waals surface area contributed by atoms with Crippen molar-refractivity contribution in [3.63, 3.8) is 0 Å². The van der Waals surface area contributed by atoms with Crippen LogP contribution in [0.1, 0.15) is 34.3 Å². The van der Waals surface area contributed by atoms with Gasteiger partial charge in [0.1, 0.15) is 17.3 Å². The molecule has 0 aliphatic carbocycles. The molecule has 9 heteroatoms. The van der Waals surface area contributed by atoms with Crippen molar-refractivity contribution in [1.29, 1.82) is 0 Å². The fraction of sp³-hybridized carbons (Fsp3) is 0.227. The van der Waals surface area contributed by atoms with Gasteiger partial charge in [0.05, 0.1) is 0 Å². The van der Waals surface area contributed by atoms with Crippen molar-refractivity contribution in [2.75, 3.05) is 11.9 Å². The Morgan fingerprint density at radius 3 is 2.84 bits per heavy atom. The lowest BCUT2D eigenvalue weighted by atomic mass is 9.74. The molecular weight excluding hydrogens is 394 g/mol. The second kappa shape index (κ2) is 6.24. The van der Waals surface area contributed by atoms with Crippen molar-refractivity contribution in [2.45, 2.75) is 17.9 Å². The highest BCUT2D eigenvalue weighted by Gasteiger charge is 2.60. The zero-order chi connectivity index (χ0) is 21.2. The van der Waals surface area contributed by atoms with Gasteiger partial charge >= 0.3 is 0 Å². The highest BCUT2D eigenvalue weighted by atomic mass is 16.2. The fourth-order valence-corrected chi connectivity index (χ4v) is 4.99. The summed E-state index contributed by atoms with van der Waals surface area (Å²) in [4.78, 5) is 37.6. The number of anilines is 1. The maximum atomic E-state index is 13.6. The van der Waals surface area contributed by atoms with E-state index in [0.717, 1.165) is 11.3 Å². The Morgan fingerprint density at radius 1 is 1.16 bits per heavy atom. The maximum absolute atomic E-state index is 13.6. The molecule has 4 aromatic rings. The molecule has 0 unspecified atom stereocenters. The van der Waals surface area contributed by atoms with Crippen molar-refractivity contribution in [3.8, 4) is 0 Å². The number of para-hydroxylation sites is 1. The molecule has 31 heavy (non-hydrogen) atoms. The van der Waals surface area contributed by atoms with Gasteiger partial charge in [-0.05, 0) is 24.1 Å². The van der Waals surface area contributed by atoms with Crippen molar-refractivity contribution in [2.24, 2.45) is 7.05 Å². The first-order valence-electron chi connectivity index (χ1n) is 10.1. The number of nitrogens with one attached hydrogen (secondary N) is 1. The van der Waals surface area contributed by atoms with Crippen LogP contribution in [-0.2, 0) is 17.3 Å². The number of benzene rings is 1. The molecule has 1 saturated heterocycles. The standard InChI is InChI=1S/C22H19N7O2/c1-27-12-9-24-19(27)18-22(14-5-2-3-6-15(14)25-21(22)31)7-11-28(18)20(30)16-13-17-23-8-4-10-29(17)26-16/h2-6,8-10,12-13,18H,7,11H2,1H3,(H,25,31)/t18-,22+/m0/s1. The number of carbonyl (C=O) groups is 2. The minimum atomic E-state index is -0.900. The van der Waals surface area contributed by atoms with Gasteiger partial charge in [0.15, 0.2) is 11.3 Å². The van der Waals surface area contributed by atoms with Crippen molar-refractivity contribution >= 4 is 23.1 Å². The van der Waals surface area contributed by atoms with Gasteiger partial charge in [0.25, 0.3) is 5.91 Å². The Labute approximate surface area is 177 Å². The summed E-state index contributed by atoms with van der Waals surface area (Å²) in [5.74, 6) is 0.320. The average Bonchev–Trinajstić information content (AvgIpc) is 3.54. The summed E-state index contributed by atoms with van der Waals surface area (Å²) in [7, 11) is 1.88. The summed E-state index contributed by atoms with van der Waals surface area (Å²) < 4.78 is 3.45. The minimum absolute atomic E-state index is 0.103. The van der Waals surface area contributed by atoms with Crippen LogP contribution in [0.3, 0.4) is 0 Å². The molecule has 2 aliphatic rings. The van der Waals surface area contributed by atoms with Gasteiger partial charge in [-0.3, -0.25) is 9.59 Å². The van der Waals surface area contributed by atoms with E-state index in [-0.39, 0.29) is 11.8 Å². The second-order valence-corrected chi connectivity index (χ2v) is 7.97. The molecule has 1 spiro atoms. The van der Waals surface area contributed by atoms with Crippen LogP contribution in [0.5, 0.6) is 0 Å². The van der Waals surface area contributed by atoms with Crippen LogP contribution in [0, 0.1) is 0 Å². The van der Waals surface area contributed by atoms with Gasteiger partial charge in [-0.25, -0.2) is 14.5 Å². The van der Waals surface area contributed by atoms with E-state index in [1.54, 1.807) is 40.1 Å². The fourth-order valence-electron chi connectivity index (χ4n) is 4.99. The summed E-state index contributed by atoms with van der Waals surface area (Å²) in [5.41, 5.74) is 1.68. The predicted octanol–water partition coefficient (Wildman–Crippen LogP) is 1.94. The number of hydrogen-bond acceptors (Lipinski definition) is 5. The zero-order valence-corrected chi connectivity index (χ0v) is 16.8. The van der Waals surface area contributed by atoms with Gasteiger partial charge in [-0.15, -0.1) is 0 Å². The Hall–Kier alpha value is -4.01. The third-order valence-electron chi connectivity index (χ3n) is 6.41. The van der Waals surface area contributed by atoms with Crippen LogP contribution in [0.2, 0.25) is 0 Å². The maximum Gasteiger partial charge on any atom is 0.275 e.